The molecular formula is C13H18ClN3O. The summed E-state index contributed by atoms with van der Waals surface area (Å²) in [5, 5.41) is 8.29. The Morgan fingerprint density at radius 3 is 2.89 bits per heavy atom. The Morgan fingerprint density at radius 2 is 2.28 bits per heavy atom. The number of hydrogen-bond acceptors (Lipinski definition) is 3. The molecule has 0 saturated carbocycles. The van der Waals surface area contributed by atoms with Crippen LogP contribution in [0, 0.1) is 6.92 Å². The van der Waals surface area contributed by atoms with E-state index in [2.05, 4.69) is 24.3 Å². The van der Waals surface area contributed by atoms with Crippen LogP contribution in [0.5, 0.6) is 0 Å². The molecule has 5 heteroatoms. The van der Waals surface area contributed by atoms with Crippen LogP contribution < -0.4 is 5.32 Å². The van der Waals surface area contributed by atoms with Gasteiger partial charge in [0.1, 0.15) is 5.76 Å². The van der Waals surface area contributed by atoms with Gasteiger partial charge in [0, 0.05) is 18.2 Å². The quantitative estimate of drug-likeness (QED) is 0.906. The first-order valence-electron chi connectivity index (χ1n) is 6.04. The van der Waals surface area contributed by atoms with Crippen molar-refractivity contribution in [2.75, 3.05) is 0 Å². The van der Waals surface area contributed by atoms with Crippen molar-refractivity contribution in [1.82, 2.24) is 15.1 Å². The van der Waals surface area contributed by atoms with Crippen LogP contribution in [0.3, 0.4) is 0 Å². The average molecular weight is 268 g/mol. The second-order valence-corrected chi connectivity index (χ2v) is 5.05. The lowest BCUT2D eigenvalue weighted by molar-refractivity contribution is 0.467. The Morgan fingerprint density at radius 1 is 1.50 bits per heavy atom. The van der Waals surface area contributed by atoms with Gasteiger partial charge in [0.15, 0.2) is 0 Å². The molecule has 0 aliphatic carbocycles. The first-order chi connectivity index (χ1) is 8.58. The van der Waals surface area contributed by atoms with Crippen molar-refractivity contribution < 1.29 is 4.42 Å². The Labute approximate surface area is 112 Å². The van der Waals surface area contributed by atoms with Crippen molar-refractivity contribution in [3.8, 4) is 0 Å². The fourth-order valence-electron chi connectivity index (χ4n) is 1.70. The molecule has 0 atom stereocenters. The van der Waals surface area contributed by atoms with Crippen molar-refractivity contribution in [3.05, 3.63) is 40.6 Å². The molecule has 18 heavy (non-hydrogen) atoms. The zero-order chi connectivity index (χ0) is 13.1. The number of furan rings is 1. The van der Waals surface area contributed by atoms with E-state index in [1.54, 1.807) is 12.5 Å². The molecule has 0 unspecified atom stereocenters. The first-order valence-corrected chi connectivity index (χ1v) is 6.42. The van der Waals surface area contributed by atoms with Gasteiger partial charge in [-0.15, -0.1) is 0 Å². The molecule has 0 bridgehead atoms. The van der Waals surface area contributed by atoms with Gasteiger partial charge in [-0.05, 0) is 13.0 Å². The minimum absolute atomic E-state index is 0.452. The third-order valence-corrected chi connectivity index (χ3v) is 3.25. The molecule has 98 valence electrons. The molecule has 2 aromatic rings. The van der Waals surface area contributed by atoms with E-state index < -0.39 is 0 Å². The second-order valence-electron chi connectivity index (χ2n) is 4.64. The van der Waals surface area contributed by atoms with Crippen LogP contribution in [-0.4, -0.2) is 15.8 Å². The second kappa shape index (κ2) is 5.59. The molecular weight excluding hydrogens is 250 g/mol. The average Bonchev–Trinajstić information content (AvgIpc) is 2.88. The maximum Gasteiger partial charge on any atom is 0.129 e. The van der Waals surface area contributed by atoms with Crippen LogP contribution in [0.1, 0.15) is 30.9 Å². The van der Waals surface area contributed by atoms with Crippen molar-refractivity contribution >= 4 is 11.6 Å². The molecule has 0 spiro atoms. The molecule has 0 radical (unpaired) electrons. The lowest BCUT2D eigenvalue weighted by Crippen LogP contribution is -2.22. The summed E-state index contributed by atoms with van der Waals surface area (Å²) in [6.45, 7) is 7.61. The summed E-state index contributed by atoms with van der Waals surface area (Å²) in [6.07, 6.45) is 3.37. The summed E-state index contributed by atoms with van der Waals surface area (Å²) >= 11 is 5.99. The zero-order valence-electron chi connectivity index (χ0n) is 10.9. The molecule has 1 N–H and O–H groups in total. The number of aromatic nitrogens is 2. The molecule has 0 amide bonds. The number of nitrogens with zero attached hydrogens (tertiary/aromatic N) is 2. The lowest BCUT2D eigenvalue weighted by atomic mass is 10.2. The van der Waals surface area contributed by atoms with Crippen molar-refractivity contribution in [3.63, 3.8) is 0 Å². The molecule has 0 fully saturated rings. The predicted molar refractivity (Wildman–Crippen MR) is 71.8 cm³/mol. The third-order valence-electron chi connectivity index (χ3n) is 2.88. The van der Waals surface area contributed by atoms with E-state index in [0.717, 1.165) is 23.6 Å². The summed E-state index contributed by atoms with van der Waals surface area (Å²) < 4.78 is 7.37. The van der Waals surface area contributed by atoms with Crippen molar-refractivity contribution in [2.45, 2.75) is 39.9 Å². The van der Waals surface area contributed by atoms with Gasteiger partial charge < -0.3 is 9.73 Å². The Hall–Kier alpha value is -1.26. The largest absolute Gasteiger partial charge is 0.467 e. The maximum atomic E-state index is 5.99. The zero-order valence-corrected chi connectivity index (χ0v) is 11.7. The van der Waals surface area contributed by atoms with Gasteiger partial charge in [-0.2, -0.15) is 5.10 Å². The predicted octanol–water partition coefficient (Wildman–Crippen LogP) is 2.98. The highest BCUT2D eigenvalue weighted by Gasteiger charge is 2.10. The molecule has 2 heterocycles. The van der Waals surface area contributed by atoms with Crippen LogP contribution in [0.15, 0.2) is 22.9 Å². The molecule has 0 saturated heterocycles. The first kappa shape index (κ1) is 13.2. The monoisotopic (exact) mass is 267 g/mol. The number of hydrogen-bond donors (Lipinski definition) is 1. The number of nitrogens with one attached hydrogen (secondary N) is 1. The van der Waals surface area contributed by atoms with E-state index in [1.165, 1.54) is 0 Å². The minimum Gasteiger partial charge on any atom is -0.467 e. The van der Waals surface area contributed by atoms with Gasteiger partial charge in [0.05, 0.1) is 29.7 Å². The van der Waals surface area contributed by atoms with Crippen LogP contribution in [0.4, 0.5) is 0 Å². The summed E-state index contributed by atoms with van der Waals surface area (Å²) in [4.78, 5) is 0. The highest BCUT2D eigenvalue weighted by atomic mass is 35.5. The molecule has 0 aliphatic heterocycles. The fourth-order valence-corrected chi connectivity index (χ4v) is 1.84. The van der Waals surface area contributed by atoms with E-state index in [9.17, 15) is 0 Å². The van der Waals surface area contributed by atoms with Gasteiger partial charge in [0.2, 0.25) is 0 Å². The molecule has 4 nitrogen and oxygen atoms in total. The minimum atomic E-state index is 0.452. The van der Waals surface area contributed by atoms with Gasteiger partial charge >= 0.3 is 0 Å². The summed E-state index contributed by atoms with van der Waals surface area (Å²) in [5.74, 6) is 0.922. The SMILES string of the molecule is Cc1c(Cl)cnn1Cc1occc1CNC(C)C. The number of halogens is 1. The normalized spacial score (nSPS) is 11.4. The Balaban J connectivity index is 2.10. The summed E-state index contributed by atoms with van der Waals surface area (Å²) in [5.41, 5.74) is 2.12. The Kier molecular flexibility index (Phi) is 4.09. The van der Waals surface area contributed by atoms with E-state index >= 15 is 0 Å². The standard InChI is InChI=1S/C13H18ClN3O/c1-9(2)15-6-11-4-5-18-13(11)8-17-10(3)12(14)7-16-17/h4-5,7,9,15H,6,8H2,1-3H3. The van der Waals surface area contributed by atoms with E-state index in [4.69, 9.17) is 16.0 Å². The molecule has 2 rings (SSSR count). The van der Waals surface area contributed by atoms with E-state index in [-0.39, 0.29) is 0 Å². The van der Waals surface area contributed by atoms with E-state index in [0.29, 0.717) is 17.6 Å². The van der Waals surface area contributed by atoms with Gasteiger partial charge in [0.25, 0.3) is 0 Å². The summed E-state index contributed by atoms with van der Waals surface area (Å²) in [6, 6.07) is 2.44. The fraction of sp³-hybridized carbons (Fsp3) is 0.462. The lowest BCUT2D eigenvalue weighted by Gasteiger charge is -2.08. The van der Waals surface area contributed by atoms with Crippen LogP contribution in [0.2, 0.25) is 5.02 Å². The third kappa shape index (κ3) is 2.94. The van der Waals surface area contributed by atoms with Crippen molar-refractivity contribution in [2.24, 2.45) is 0 Å². The van der Waals surface area contributed by atoms with Crippen LogP contribution in [0.25, 0.3) is 0 Å². The van der Waals surface area contributed by atoms with Crippen LogP contribution >= 0.6 is 11.6 Å². The highest BCUT2D eigenvalue weighted by Crippen LogP contribution is 2.17. The number of rotatable bonds is 5. The molecule has 0 aliphatic rings. The summed E-state index contributed by atoms with van der Waals surface area (Å²) in [7, 11) is 0. The van der Waals surface area contributed by atoms with E-state index in [1.807, 2.05) is 17.7 Å². The topological polar surface area (TPSA) is 43.0 Å². The molecule has 2 aromatic heterocycles. The maximum absolute atomic E-state index is 5.99. The van der Waals surface area contributed by atoms with Gasteiger partial charge in [-0.3, -0.25) is 4.68 Å². The van der Waals surface area contributed by atoms with Gasteiger partial charge in [-0.1, -0.05) is 25.4 Å². The smallest absolute Gasteiger partial charge is 0.129 e. The highest BCUT2D eigenvalue weighted by molar-refractivity contribution is 6.31. The van der Waals surface area contributed by atoms with Gasteiger partial charge in [-0.25, -0.2) is 0 Å². The Bertz CT molecular complexity index is 516. The van der Waals surface area contributed by atoms with Crippen molar-refractivity contribution in [1.29, 1.82) is 0 Å². The molecule has 0 aromatic carbocycles. The van der Waals surface area contributed by atoms with Crippen LogP contribution in [-0.2, 0) is 13.1 Å².